The minimum atomic E-state index is -3.90. The van der Waals surface area contributed by atoms with E-state index in [1.165, 1.54) is 28.6 Å². The zero-order chi connectivity index (χ0) is 19.4. The van der Waals surface area contributed by atoms with E-state index in [2.05, 4.69) is 26.2 Å². The number of amides is 1. The van der Waals surface area contributed by atoms with E-state index >= 15 is 0 Å². The molecule has 1 aromatic carbocycles. The minimum Gasteiger partial charge on any atom is -0.355 e. The van der Waals surface area contributed by atoms with Crippen molar-refractivity contribution < 1.29 is 13.2 Å². The quantitative estimate of drug-likeness (QED) is 0.677. The van der Waals surface area contributed by atoms with Crippen LogP contribution < -0.4 is 5.32 Å². The summed E-state index contributed by atoms with van der Waals surface area (Å²) in [7, 11) is -3.90. The van der Waals surface area contributed by atoms with Gasteiger partial charge in [-0.2, -0.15) is 4.31 Å². The number of nitrogens with zero attached hydrogens (tertiary/aromatic N) is 2. The standard InChI is InChI=1S/C18H19BrClN3O3S/c19-17-9-4-13(11-22-17)12-23(16-3-1-2-10-21-18(16)24)27(25,26)15-7-5-14(20)6-8-15/h4-9,11,16H,1-3,10,12H2,(H,21,24)/t16-/m1/s1. The summed E-state index contributed by atoms with van der Waals surface area (Å²) in [6.45, 7) is 0.618. The zero-order valence-corrected chi connectivity index (χ0v) is 17.6. The van der Waals surface area contributed by atoms with E-state index < -0.39 is 16.1 Å². The fraction of sp³-hybridized carbons (Fsp3) is 0.333. The molecule has 0 spiro atoms. The Balaban J connectivity index is 2.01. The van der Waals surface area contributed by atoms with E-state index in [9.17, 15) is 13.2 Å². The van der Waals surface area contributed by atoms with Crippen molar-refractivity contribution in [1.82, 2.24) is 14.6 Å². The molecule has 27 heavy (non-hydrogen) atoms. The van der Waals surface area contributed by atoms with Crippen molar-refractivity contribution in [2.75, 3.05) is 6.54 Å². The Labute approximate surface area is 172 Å². The molecule has 1 fully saturated rings. The summed E-state index contributed by atoms with van der Waals surface area (Å²) in [6.07, 6.45) is 3.68. The molecule has 0 bridgehead atoms. The molecule has 2 heterocycles. The molecule has 3 rings (SSSR count). The van der Waals surface area contributed by atoms with Gasteiger partial charge in [0.15, 0.2) is 0 Å². The summed E-state index contributed by atoms with van der Waals surface area (Å²) < 4.78 is 28.6. The van der Waals surface area contributed by atoms with Crippen LogP contribution >= 0.6 is 27.5 Å². The first-order chi connectivity index (χ1) is 12.9. The molecule has 1 aliphatic rings. The number of hydrogen-bond donors (Lipinski definition) is 1. The predicted molar refractivity (Wildman–Crippen MR) is 107 cm³/mol. The van der Waals surface area contributed by atoms with Gasteiger partial charge in [0.25, 0.3) is 0 Å². The lowest BCUT2D eigenvalue weighted by Gasteiger charge is -2.29. The number of halogens is 2. The molecular weight excluding hydrogens is 454 g/mol. The molecule has 1 aromatic heterocycles. The number of sulfonamides is 1. The highest BCUT2D eigenvalue weighted by atomic mass is 79.9. The maximum Gasteiger partial charge on any atom is 0.244 e. The van der Waals surface area contributed by atoms with Gasteiger partial charge in [0.05, 0.1) is 4.90 Å². The van der Waals surface area contributed by atoms with Gasteiger partial charge in [0, 0.05) is 24.3 Å². The first-order valence-electron chi connectivity index (χ1n) is 8.53. The average molecular weight is 473 g/mol. The van der Waals surface area contributed by atoms with Crippen LogP contribution in [0.15, 0.2) is 52.1 Å². The molecule has 6 nitrogen and oxygen atoms in total. The fourth-order valence-electron chi connectivity index (χ4n) is 2.98. The van der Waals surface area contributed by atoms with Crippen molar-refractivity contribution in [3.63, 3.8) is 0 Å². The van der Waals surface area contributed by atoms with Gasteiger partial charge >= 0.3 is 0 Å². The Morgan fingerprint density at radius 2 is 1.93 bits per heavy atom. The Hall–Kier alpha value is -1.48. The van der Waals surface area contributed by atoms with Gasteiger partial charge in [-0.1, -0.05) is 17.7 Å². The average Bonchev–Trinajstić information content (AvgIpc) is 2.86. The monoisotopic (exact) mass is 471 g/mol. The Morgan fingerprint density at radius 3 is 2.59 bits per heavy atom. The molecule has 144 valence electrons. The third-order valence-electron chi connectivity index (χ3n) is 4.40. The molecule has 1 N–H and O–H groups in total. The Bertz CT molecular complexity index is 904. The summed E-state index contributed by atoms with van der Waals surface area (Å²) in [5.41, 5.74) is 0.702. The highest BCUT2D eigenvalue weighted by molar-refractivity contribution is 9.10. The number of carbonyl (C=O) groups is 1. The lowest BCUT2D eigenvalue weighted by atomic mass is 10.1. The largest absolute Gasteiger partial charge is 0.355 e. The van der Waals surface area contributed by atoms with Crippen LogP contribution in [0.3, 0.4) is 0 Å². The fourth-order valence-corrected chi connectivity index (χ4v) is 4.95. The maximum absolute atomic E-state index is 13.3. The molecule has 1 amide bonds. The van der Waals surface area contributed by atoms with Gasteiger partial charge in [0.1, 0.15) is 10.6 Å². The number of aromatic nitrogens is 1. The molecule has 0 unspecified atom stereocenters. The van der Waals surface area contributed by atoms with Crippen LogP contribution in [-0.4, -0.2) is 36.2 Å². The Morgan fingerprint density at radius 1 is 1.19 bits per heavy atom. The minimum absolute atomic E-state index is 0.0589. The molecule has 0 aliphatic carbocycles. The van der Waals surface area contributed by atoms with Crippen LogP contribution in [-0.2, 0) is 21.4 Å². The first-order valence-corrected chi connectivity index (χ1v) is 11.1. The lowest BCUT2D eigenvalue weighted by molar-refractivity contribution is -0.124. The van der Waals surface area contributed by atoms with Gasteiger partial charge in [-0.05, 0) is 71.1 Å². The molecule has 1 aliphatic heterocycles. The number of carbonyl (C=O) groups excluding carboxylic acids is 1. The predicted octanol–water partition coefficient (Wildman–Crippen LogP) is 3.36. The van der Waals surface area contributed by atoms with Crippen LogP contribution in [0.25, 0.3) is 0 Å². The van der Waals surface area contributed by atoms with Crippen LogP contribution in [0.5, 0.6) is 0 Å². The van der Waals surface area contributed by atoms with E-state index in [1.807, 2.05) is 0 Å². The van der Waals surface area contributed by atoms with Gasteiger partial charge in [0.2, 0.25) is 15.9 Å². The van der Waals surface area contributed by atoms with Crippen molar-refractivity contribution in [1.29, 1.82) is 0 Å². The number of benzene rings is 1. The number of nitrogens with one attached hydrogen (secondary N) is 1. The van der Waals surface area contributed by atoms with E-state index in [0.717, 1.165) is 12.8 Å². The molecule has 1 atom stereocenters. The van der Waals surface area contributed by atoms with Gasteiger partial charge < -0.3 is 5.32 Å². The summed E-state index contributed by atoms with van der Waals surface area (Å²) in [4.78, 5) is 16.8. The normalized spacial score (nSPS) is 18.2. The second kappa shape index (κ2) is 8.68. The van der Waals surface area contributed by atoms with Gasteiger partial charge in [-0.3, -0.25) is 4.79 Å². The van der Waals surface area contributed by atoms with Crippen LogP contribution in [0.1, 0.15) is 24.8 Å². The first kappa shape index (κ1) is 20.3. The SMILES string of the molecule is O=C1NCCCC[C@H]1N(Cc1ccc(Br)nc1)S(=O)(=O)c1ccc(Cl)cc1. The highest BCUT2D eigenvalue weighted by Crippen LogP contribution is 2.26. The van der Waals surface area contributed by atoms with E-state index in [4.69, 9.17) is 11.6 Å². The summed E-state index contributed by atoms with van der Waals surface area (Å²) in [5.74, 6) is -0.268. The van der Waals surface area contributed by atoms with Crippen LogP contribution in [0.2, 0.25) is 5.02 Å². The number of hydrogen-bond acceptors (Lipinski definition) is 4. The Kier molecular flexibility index (Phi) is 6.52. The topological polar surface area (TPSA) is 79.4 Å². The summed E-state index contributed by atoms with van der Waals surface area (Å²) in [6, 6.07) is 8.74. The molecule has 1 saturated heterocycles. The number of rotatable bonds is 5. The van der Waals surface area contributed by atoms with Crippen molar-refractivity contribution in [2.45, 2.75) is 36.7 Å². The van der Waals surface area contributed by atoms with Crippen molar-refractivity contribution >= 4 is 43.5 Å². The molecule has 0 saturated carbocycles. The molecular formula is C18H19BrClN3O3S. The third kappa shape index (κ3) is 4.87. The zero-order valence-electron chi connectivity index (χ0n) is 14.4. The van der Waals surface area contributed by atoms with E-state index in [1.54, 1.807) is 18.3 Å². The van der Waals surface area contributed by atoms with Crippen LogP contribution in [0.4, 0.5) is 0 Å². The van der Waals surface area contributed by atoms with Crippen molar-refractivity contribution in [3.05, 3.63) is 57.8 Å². The third-order valence-corrected chi connectivity index (χ3v) is 6.99. The smallest absolute Gasteiger partial charge is 0.244 e. The maximum atomic E-state index is 13.3. The van der Waals surface area contributed by atoms with E-state index in [0.29, 0.717) is 28.2 Å². The summed E-state index contributed by atoms with van der Waals surface area (Å²) in [5, 5.41) is 3.26. The van der Waals surface area contributed by atoms with Gasteiger partial charge in [-0.25, -0.2) is 13.4 Å². The van der Waals surface area contributed by atoms with Crippen LogP contribution in [0, 0.1) is 0 Å². The molecule has 9 heteroatoms. The highest BCUT2D eigenvalue weighted by Gasteiger charge is 2.36. The second-order valence-corrected chi connectivity index (χ2v) is 9.44. The molecule has 0 radical (unpaired) electrons. The van der Waals surface area contributed by atoms with Gasteiger partial charge in [-0.15, -0.1) is 0 Å². The van der Waals surface area contributed by atoms with Crippen molar-refractivity contribution in [3.8, 4) is 0 Å². The second-order valence-electron chi connectivity index (χ2n) is 6.30. The lowest BCUT2D eigenvalue weighted by Crippen LogP contribution is -2.48. The van der Waals surface area contributed by atoms with Crippen molar-refractivity contribution in [2.24, 2.45) is 0 Å². The summed E-state index contributed by atoms with van der Waals surface area (Å²) >= 11 is 9.17. The van der Waals surface area contributed by atoms with E-state index in [-0.39, 0.29) is 17.3 Å². The number of pyridine rings is 1. The molecule has 2 aromatic rings.